The second-order valence-corrected chi connectivity index (χ2v) is 5.97. The summed E-state index contributed by atoms with van der Waals surface area (Å²) in [5.41, 5.74) is 1.25. The summed E-state index contributed by atoms with van der Waals surface area (Å²) >= 11 is 0. The van der Waals surface area contributed by atoms with Crippen LogP contribution in [-0.4, -0.2) is 11.9 Å². The van der Waals surface area contributed by atoms with Crippen LogP contribution >= 0.6 is 0 Å². The number of aryl methyl sites for hydroxylation is 2. The van der Waals surface area contributed by atoms with Gasteiger partial charge in [0.1, 0.15) is 0 Å². The molecule has 1 heterocycles. The summed E-state index contributed by atoms with van der Waals surface area (Å²) in [5.74, 6) is 0.198. The van der Waals surface area contributed by atoms with Crippen molar-refractivity contribution < 1.29 is 9.36 Å². The van der Waals surface area contributed by atoms with Gasteiger partial charge in [-0.1, -0.05) is 32.1 Å². The van der Waals surface area contributed by atoms with Crippen molar-refractivity contribution in [2.45, 2.75) is 70.9 Å². The standard InChI is InChI=1S/C17H26N2O/c1-15-9-12-19(13-10-15)14-11-17(20)18-16-7-5-3-2-4-6-8-16/h9-10,12-13,16H,2-8,11,14H2,1H3/p+1. The number of carbonyl (C=O) groups is 1. The summed E-state index contributed by atoms with van der Waals surface area (Å²) in [5, 5.41) is 3.22. The van der Waals surface area contributed by atoms with Crippen LogP contribution in [0.1, 0.15) is 56.9 Å². The fraction of sp³-hybridized carbons (Fsp3) is 0.647. The zero-order chi connectivity index (χ0) is 14.2. The maximum Gasteiger partial charge on any atom is 0.226 e. The molecule has 1 aromatic heterocycles. The van der Waals surface area contributed by atoms with Gasteiger partial charge in [0.25, 0.3) is 0 Å². The van der Waals surface area contributed by atoms with E-state index in [1.807, 2.05) is 12.4 Å². The molecule has 0 unspecified atom stereocenters. The Hall–Kier alpha value is -1.38. The van der Waals surface area contributed by atoms with E-state index >= 15 is 0 Å². The lowest BCUT2D eigenvalue weighted by Crippen LogP contribution is -2.39. The van der Waals surface area contributed by atoms with Crippen molar-refractivity contribution in [3.8, 4) is 0 Å². The fourth-order valence-corrected chi connectivity index (χ4v) is 2.81. The van der Waals surface area contributed by atoms with Crippen LogP contribution < -0.4 is 9.88 Å². The van der Waals surface area contributed by atoms with Crippen molar-refractivity contribution in [3.05, 3.63) is 30.1 Å². The van der Waals surface area contributed by atoms with Crippen molar-refractivity contribution in [2.75, 3.05) is 0 Å². The molecule has 20 heavy (non-hydrogen) atoms. The number of nitrogens with zero attached hydrogens (tertiary/aromatic N) is 1. The van der Waals surface area contributed by atoms with Gasteiger partial charge in [0, 0.05) is 18.2 Å². The SMILES string of the molecule is Cc1cc[n+](CCC(=O)NC2CCCCCCC2)cc1. The van der Waals surface area contributed by atoms with Gasteiger partial charge < -0.3 is 5.32 Å². The van der Waals surface area contributed by atoms with Gasteiger partial charge in [0.05, 0.1) is 6.42 Å². The Morgan fingerprint density at radius 3 is 2.40 bits per heavy atom. The third kappa shape index (κ3) is 5.32. The summed E-state index contributed by atoms with van der Waals surface area (Å²) in [7, 11) is 0. The summed E-state index contributed by atoms with van der Waals surface area (Å²) in [6.07, 6.45) is 13.5. The molecule has 0 aromatic carbocycles. The van der Waals surface area contributed by atoms with Crippen molar-refractivity contribution in [1.82, 2.24) is 5.32 Å². The van der Waals surface area contributed by atoms with Gasteiger partial charge in [-0.2, -0.15) is 0 Å². The minimum atomic E-state index is 0.198. The van der Waals surface area contributed by atoms with Crippen LogP contribution in [0.4, 0.5) is 0 Å². The van der Waals surface area contributed by atoms with Gasteiger partial charge >= 0.3 is 0 Å². The van der Waals surface area contributed by atoms with Crippen LogP contribution in [0.3, 0.4) is 0 Å². The van der Waals surface area contributed by atoms with Crippen molar-refractivity contribution in [2.24, 2.45) is 0 Å². The Morgan fingerprint density at radius 1 is 1.15 bits per heavy atom. The predicted molar refractivity (Wildman–Crippen MR) is 80.2 cm³/mol. The summed E-state index contributed by atoms with van der Waals surface area (Å²) in [4.78, 5) is 12.0. The van der Waals surface area contributed by atoms with Gasteiger partial charge in [-0.3, -0.25) is 4.79 Å². The Bertz CT molecular complexity index is 406. The largest absolute Gasteiger partial charge is 0.353 e. The highest BCUT2D eigenvalue weighted by molar-refractivity contribution is 5.75. The number of amides is 1. The Balaban J connectivity index is 1.72. The highest BCUT2D eigenvalue weighted by Crippen LogP contribution is 2.17. The first-order valence-electron chi connectivity index (χ1n) is 7.99. The quantitative estimate of drug-likeness (QED) is 0.842. The van der Waals surface area contributed by atoms with Crippen LogP contribution in [0.2, 0.25) is 0 Å². The predicted octanol–water partition coefficient (Wildman–Crippen LogP) is 2.90. The molecule has 3 nitrogen and oxygen atoms in total. The third-order valence-corrected chi connectivity index (χ3v) is 4.13. The average molecular weight is 275 g/mol. The van der Waals surface area contributed by atoms with E-state index in [0.717, 1.165) is 19.4 Å². The van der Waals surface area contributed by atoms with Crippen molar-refractivity contribution >= 4 is 5.91 Å². The van der Waals surface area contributed by atoms with Crippen molar-refractivity contribution in [3.63, 3.8) is 0 Å². The molecule has 3 heteroatoms. The number of hydrogen-bond donors (Lipinski definition) is 1. The molecule has 1 N–H and O–H groups in total. The Kier molecular flexibility index (Phi) is 6.03. The van der Waals surface area contributed by atoms with Gasteiger partial charge in [-0.15, -0.1) is 0 Å². The molecule has 0 spiro atoms. The molecule has 1 fully saturated rings. The minimum Gasteiger partial charge on any atom is -0.353 e. The van der Waals surface area contributed by atoms with Gasteiger partial charge in [0.15, 0.2) is 18.9 Å². The number of carbonyl (C=O) groups excluding carboxylic acids is 1. The lowest BCUT2D eigenvalue weighted by molar-refractivity contribution is -0.695. The number of hydrogen-bond acceptors (Lipinski definition) is 1. The van der Waals surface area contributed by atoms with E-state index in [-0.39, 0.29) is 5.91 Å². The topological polar surface area (TPSA) is 33.0 Å². The molecule has 1 amide bonds. The van der Waals surface area contributed by atoms with Gasteiger partial charge in [-0.25, -0.2) is 4.57 Å². The van der Waals surface area contributed by atoms with Crippen LogP contribution in [0.5, 0.6) is 0 Å². The summed E-state index contributed by atoms with van der Waals surface area (Å²) < 4.78 is 2.07. The first kappa shape index (κ1) is 15.0. The smallest absolute Gasteiger partial charge is 0.226 e. The van der Waals surface area contributed by atoms with E-state index in [2.05, 4.69) is 28.9 Å². The maximum atomic E-state index is 12.0. The van der Waals surface area contributed by atoms with E-state index in [1.54, 1.807) is 0 Å². The molecule has 0 radical (unpaired) electrons. The Morgan fingerprint density at radius 2 is 1.75 bits per heavy atom. The van der Waals surface area contributed by atoms with Crippen molar-refractivity contribution in [1.29, 1.82) is 0 Å². The molecule has 0 saturated heterocycles. The maximum absolute atomic E-state index is 12.0. The molecule has 0 atom stereocenters. The molecule has 1 aliphatic carbocycles. The minimum absolute atomic E-state index is 0.198. The molecule has 1 aromatic rings. The molecule has 0 aliphatic heterocycles. The molecule has 1 saturated carbocycles. The van der Waals surface area contributed by atoms with Gasteiger partial charge in [-0.05, 0) is 25.3 Å². The monoisotopic (exact) mass is 275 g/mol. The number of aromatic nitrogens is 1. The Labute approximate surface area is 122 Å². The van der Waals surface area contributed by atoms with E-state index in [1.165, 1.54) is 37.7 Å². The lowest BCUT2D eigenvalue weighted by atomic mass is 9.96. The van der Waals surface area contributed by atoms with E-state index < -0.39 is 0 Å². The third-order valence-electron chi connectivity index (χ3n) is 4.13. The molecule has 2 rings (SSSR count). The van der Waals surface area contributed by atoms with Crippen LogP contribution in [0, 0.1) is 6.92 Å². The number of nitrogens with one attached hydrogen (secondary N) is 1. The molecular formula is C17H27N2O+. The molecule has 110 valence electrons. The van der Waals surface area contributed by atoms with E-state index in [9.17, 15) is 4.79 Å². The second kappa shape index (κ2) is 8.03. The number of rotatable bonds is 4. The van der Waals surface area contributed by atoms with Gasteiger partial charge in [0.2, 0.25) is 5.91 Å². The lowest BCUT2D eigenvalue weighted by Gasteiger charge is -2.20. The zero-order valence-electron chi connectivity index (χ0n) is 12.6. The average Bonchev–Trinajstić information content (AvgIpc) is 2.41. The molecular weight excluding hydrogens is 248 g/mol. The molecule has 1 aliphatic rings. The van der Waals surface area contributed by atoms with Crippen LogP contribution in [-0.2, 0) is 11.3 Å². The molecule has 0 bridgehead atoms. The first-order valence-corrected chi connectivity index (χ1v) is 7.99. The van der Waals surface area contributed by atoms with E-state index in [4.69, 9.17) is 0 Å². The highest BCUT2D eigenvalue weighted by Gasteiger charge is 2.14. The second-order valence-electron chi connectivity index (χ2n) is 5.97. The first-order chi connectivity index (χ1) is 9.74. The highest BCUT2D eigenvalue weighted by atomic mass is 16.1. The number of pyridine rings is 1. The fourth-order valence-electron chi connectivity index (χ4n) is 2.81. The van der Waals surface area contributed by atoms with E-state index in [0.29, 0.717) is 12.5 Å². The summed E-state index contributed by atoms with van der Waals surface area (Å²) in [6, 6.07) is 4.56. The normalized spacial score (nSPS) is 17.2. The van der Waals surface area contributed by atoms with Crippen LogP contribution in [0.25, 0.3) is 0 Å². The summed E-state index contributed by atoms with van der Waals surface area (Å²) in [6.45, 7) is 2.84. The zero-order valence-corrected chi connectivity index (χ0v) is 12.6. The van der Waals surface area contributed by atoms with Crippen LogP contribution in [0.15, 0.2) is 24.5 Å².